The molecule has 1 aromatic rings. The number of nitrogens with zero attached hydrogens (tertiary/aromatic N) is 1. The normalized spacial score (nSPS) is 34.5. The molecule has 114 valence electrons. The molecule has 7 heteroatoms. The van der Waals surface area contributed by atoms with E-state index in [0.29, 0.717) is 12.3 Å². The molecule has 4 atom stereocenters. The first-order valence-corrected chi connectivity index (χ1v) is 7.52. The molecule has 2 aliphatic heterocycles. The minimum absolute atomic E-state index is 0.186. The molecule has 0 spiro atoms. The number of nitrogens with one attached hydrogen (secondary N) is 2. The maximum absolute atomic E-state index is 12.4. The quantitative estimate of drug-likeness (QED) is 0.686. The van der Waals surface area contributed by atoms with Crippen LogP contribution in [0.4, 0.5) is 0 Å². The van der Waals surface area contributed by atoms with E-state index in [1.165, 1.54) is 0 Å². The van der Waals surface area contributed by atoms with Gasteiger partial charge in [0.15, 0.2) is 5.69 Å². The van der Waals surface area contributed by atoms with Gasteiger partial charge in [0.05, 0.1) is 19.3 Å². The molecule has 2 saturated heterocycles. The Kier molecular flexibility index (Phi) is 3.20. The Morgan fingerprint density at radius 2 is 2.05 bits per heavy atom. The van der Waals surface area contributed by atoms with Gasteiger partial charge in [-0.15, -0.1) is 0 Å². The Balaban J connectivity index is 1.48. The first-order chi connectivity index (χ1) is 10.2. The van der Waals surface area contributed by atoms with E-state index in [1.54, 1.807) is 0 Å². The summed E-state index contributed by atoms with van der Waals surface area (Å²) in [5.41, 5.74) is 2.62. The van der Waals surface area contributed by atoms with Crippen LogP contribution in [0.5, 0.6) is 0 Å². The van der Waals surface area contributed by atoms with Crippen molar-refractivity contribution in [2.45, 2.75) is 50.0 Å². The Morgan fingerprint density at radius 3 is 2.95 bits per heavy atom. The molecule has 7 nitrogen and oxygen atoms in total. The van der Waals surface area contributed by atoms with E-state index in [0.717, 1.165) is 36.9 Å². The first kappa shape index (κ1) is 13.2. The highest BCUT2D eigenvalue weighted by atomic mass is 16.6. The number of ether oxygens (including phenoxy) is 2. The van der Waals surface area contributed by atoms with Gasteiger partial charge in [-0.2, -0.15) is 5.10 Å². The second-order valence-corrected chi connectivity index (χ2v) is 5.98. The molecule has 21 heavy (non-hydrogen) atoms. The lowest BCUT2D eigenvalue weighted by Gasteiger charge is -2.17. The molecule has 0 aromatic carbocycles. The lowest BCUT2D eigenvalue weighted by molar-refractivity contribution is 0.0178. The summed E-state index contributed by atoms with van der Waals surface area (Å²) in [5.74, 6) is -0.186. The van der Waals surface area contributed by atoms with Crippen LogP contribution < -0.4 is 5.32 Å². The van der Waals surface area contributed by atoms with E-state index in [-0.39, 0.29) is 30.8 Å². The fraction of sp³-hybridized carbons (Fsp3) is 0.714. The number of aliphatic hydroxyl groups excluding tert-OH is 1. The third-order valence-corrected chi connectivity index (χ3v) is 4.62. The Bertz CT molecular complexity index is 558. The van der Waals surface area contributed by atoms with Crippen LogP contribution in [-0.4, -0.2) is 58.8 Å². The monoisotopic (exact) mass is 293 g/mol. The summed E-state index contributed by atoms with van der Waals surface area (Å²) in [5, 5.41) is 19.8. The lowest BCUT2D eigenvalue weighted by Crippen LogP contribution is -2.44. The predicted octanol–water partition coefficient (Wildman–Crippen LogP) is -0.455. The number of aromatic nitrogens is 2. The van der Waals surface area contributed by atoms with Crippen molar-refractivity contribution >= 4 is 5.91 Å². The molecule has 0 unspecified atom stereocenters. The van der Waals surface area contributed by atoms with Gasteiger partial charge in [0, 0.05) is 11.3 Å². The standard InChI is InChI=1S/C14H19N3O4/c18-10-6-21-12-9(5-20-13(10)12)15-14(19)11-7-3-1-2-4-8(7)16-17-11/h9-10,12-13,18H,1-6H2,(H,15,19)(H,16,17)/t9-,10-,12-,13-/m1/s1. The van der Waals surface area contributed by atoms with Gasteiger partial charge in [-0.05, 0) is 25.7 Å². The molecule has 1 amide bonds. The van der Waals surface area contributed by atoms with Gasteiger partial charge in [-0.3, -0.25) is 9.89 Å². The number of rotatable bonds is 2. The lowest BCUT2D eigenvalue weighted by atomic mass is 9.95. The number of aliphatic hydroxyl groups is 1. The van der Waals surface area contributed by atoms with Crippen molar-refractivity contribution in [2.75, 3.05) is 13.2 Å². The highest BCUT2D eigenvalue weighted by molar-refractivity contribution is 5.94. The van der Waals surface area contributed by atoms with Crippen molar-refractivity contribution in [3.05, 3.63) is 17.0 Å². The van der Waals surface area contributed by atoms with Crippen LogP contribution in [0.1, 0.15) is 34.6 Å². The molecule has 1 aromatic heterocycles. The SMILES string of the molecule is O=C(N[C@@H]1CO[C@H]2[C@@H]1OC[C@H]2O)c1n[nH]c2c1CCCC2. The zero-order chi connectivity index (χ0) is 14.4. The summed E-state index contributed by atoms with van der Waals surface area (Å²) in [4.78, 5) is 12.4. The molecule has 1 aliphatic carbocycles. The molecular weight excluding hydrogens is 274 g/mol. The van der Waals surface area contributed by atoms with Crippen molar-refractivity contribution in [1.29, 1.82) is 0 Å². The van der Waals surface area contributed by atoms with Crippen LogP contribution in [0.15, 0.2) is 0 Å². The van der Waals surface area contributed by atoms with Crippen LogP contribution in [0.3, 0.4) is 0 Å². The second-order valence-electron chi connectivity index (χ2n) is 5.98. The molecule has 3 heterocycles. The smallest absolute Gasteiger partial charge is 0.272 e. The van der Waals surface area contributed by atoms with Gasteiger partial charge < -0.3 is 19.9 Å². The zero-order valence-electron chi connectivity index (χ0n) is 11.7. The fourth-order valence-electron chi connectivity index (χ4n) is 3.51. The topological polar surface area (TPSA) is 96.5 Å². The van der Waals surface area contributed by atoms with E-state index in [9.17, 15) is 9.90 Å². The maximum atomic E-state index is 12.4. The van der Waals surface area contributed by atoms with Crippen LogP contribution in [0.2, 0.25) is 0 Å². The summed E-state index contributed by atoms with van der Waals surface area (Å²) in [6.45, 7) is 0.629. The van der Waals surface area contributed by atoms with Crippen molar-refractivity contribution in [1.82, 2.24) is 15.5 Å². The third kappa shape index (κ3) is 2.16. The van der Waals surface area contributed by atoms with Crippen molar-refractivity contribution in [3.63, 3.8) is 0 Å². The number of hydrogen-bond donors (Lipinski definition) is 3. The summed E-state index contributed by atoms with van der Waals surface area (Å²) < 4.78 is 11.0. The summed E-state index contributed by atoms with van der Waals surface area (Å²) in [6.07, 6.45) is 2.90. The van der Waals surface area contributed by atoms with Crippen LogP contribution >= 0.6 is 0 Å². The number of aryl methyl sites for hydroxylation is 1. The summed E-state index contributed by atoms with van der Waals surface area (Å²) in [7, 11) is 0. The van der Waals surface area contributed by atoms with Gasteiger partial charge >= 0.3 is 0 Å². The molecule has 3 N–H and O–H groups in total. The number of carbonyl (C=O) groups is 1. The largest absolute Gasteiger partial charge is 0.388 e. The van der Waals surface area contributed by atoms with E-state index >= 15 is 0 Å². The number of aromatic amines is 1. The summed E-state index contributed by atoms with van der Waals surface area (Å²) >= 11 is 0. The number of amides is 1. The number of fused-ring (bicyclic) bond motifs is 2. The minimum atomic E-state index is -0.602. The zero-order valence-corrected chi connectivity index (χ0v) is 11.7. The van der Waals surface area contributed by atoms with E-state index < -0.39 is 6.10 Å². The van der Waals surface area contributed by atoms with Gasteiger partial charge in [0.1, 0.15) is 18.3 Å². The Labute approximate surface area is 122 Å². The second kappa shape index (κ2) is 5.08. The third-order valence-electron chi connectivity index (χ3n) is 4.62. The molecule has 4 rings (SSSR count). The van der Waals surface area contributed by atoms with Crippen LogP contribution in [0, 0.1) is 0 Å². The van der Waals surface area contributed by atoms with Crippen molar-refractivity contribution < 1.29 is 19.4 Å². The van der Waals surface area contributed by atoms with Gasteiger partial charge in [-0.1, -0.05) is 0 Å². The molecule has 3 aliphatic rings. The van der Waals surface area contributed by atoms with E-state index in [1.807, 2.05) is 0 Å². The highest BCUT2D eigenvalue weighted by Crippen LogP contribution is 2.27. The minimum Gasteiger partial charge on any atom is -0.388 e. The molecule has 2 fully saturated rings. The number of carbonyl (C=O) groups excluding carboxylic acids is 1. The molecular formula is C14H19N3O4. The van der Waals surface area contributed by atoms with E-state index in [4.69, 9.17) is 9.47 Å². The molecule has 0 bridgehead atoms. The van der Waals surface area contributed by atoms with Gasteiger partial charge in [-0.25, -0.2) is 0 Å². The van der Waals surface area contributed by atoms with Crippen molar-refractivity contribution in [3.8, 4) is 0 Å². The van der Waals surface area contributed by atoms with Gasteiger partial charge in [0.2, 0.25) is 0 Å². The van der Waals surface area contributed by atoms with Crippen LogP contribution in [0.25, 0.3) is 0 Å². The number of hydrogen-bond acceptors (Lipinski definition) is 5. The fourth-order valence-corrected chi connectivity index (χ4v) is 3.51. The number of H-pyrrole nitrogens is 1. The molecule has 0 saturated carbocycles. The highest BCUT2D eigenvalue weighted by Gasteiger charge is 2.47. The van der Waals surface area contributed by atoms with Crippen LogP contribution in [-0.2, 0) is 22.3 Å². The van der Waals surface area contributed by atoms with Gasteiger partial charge in [0.25, 0.3) is 5.91 Å². The average molecular weight is 293 g/mol. The Hall–Kier alpha value is -1.44. The van der Waals surface area contributed by atoms with Crippen molar-refractivity contribution in [2.24, 2.45) is 0 Å². The molecule has 0 radical (unpaired) electrons. The maximum Gasteiger partial charge on any atom is 0.272 e. The Morgan fingerprint density at radius 1 is 1.24 bits per heavy atom. The average Bonchev–Trinajstić information content (AvgIpc) is 3.16. The first-order valence-electron chi connectivity index (χ1n) is 7.52. The van der Waals surface area contributed by atoms with E-state index in [2.05, 4.69) is 15.5 Å². The predicted molar refractivity (Wildman–Crippen MR) is 72.0 cm³/mol. The summed E-state index contributed by atoms with van der Waals surface area (Å²) in [6, 6.07) is -0.226.